The molecular formula is C19H23N3O5. The van der Waals surface area contributed by atoms with E-state index in [1.165, 1.54) is 20.4 Å². The predicted octanol–water partition coefficient (Wildman–Crippen LogP) is 1.96. The van der Waals surface area contributed by atoms with Crippen molar-refractivity contribution >= 4 is 12.0 Å². The van der Waals surface area contributed by atoms with Crippen LogP contribution >= 0.6 is 0 Å². The third kappa shape index (κ3) is 4.59. The molecule has 2 amide bonds. The van der Waals surface area contributed by atoms with Gasteiger partial charge in [-0.05, 0) is 29.8 Å². The van der Waals surface area contributed by atoms with E-state index in [2.05, 4.69) is 10.2 Å². The number of nitrogens with one attached hydrogen (secondary N) is 1. The molecule has 1 saturated heterocycles. The van der Waals surface area contributed by atoms with Crippen LogP contribution in [-0.2, 0) is 6.54 Å². The van der Waals surface area contributed by atoms with E-state index in [-0.39, 0.29) is 5.91 Å². The molecule has 0 bridgehead atoms. The van der Waals surface area contributed by atoms with Crippen molar-refractivity contribution in [2.45, 2.75) is 6.54 Å². The minimum absolute atomic E-state index is 0.0722. The molecule has 0 radical (unpaired) electrons. The van der Waals surface area contributed by atoms with E-state index >= 15 is 0 Å². The lowest BCUT2D eigenvalue weighted by atomic mass is 10.1. The highest BCUT2D eigenvalue weighted by Gasteiger charge is 2.23. The van der Waals surface area contributed by atoms with E-state index in [1.54, 1.807) is 23.1 Å². The second-order valence-electron chi connectivity index (χ2n) is 6.17. The van der Waals surface area contributed by atoms with E-state index in [0.29, 0.717) is 30.3 Å². The maximum absolute atomic E-state index is 12.3. The summed E-state index contributed by atoms with van der Waals surface area (Å²) in [5, 5.41) is 2.40. The number of rotatable bonds is 5. The Morgan fingerprint density at radius 2 is 1.93 bits per heavy atom. The molecule has 3 rings (SSSR count). The van der Waals surface area contributed by atoms with Crippen molar-refractivity contribution in [2.24, 2.45) is 0 Å². The van der Waals surface area contributed by atoms with E-state index in [4.69, 9.17) is 13.9 Å². The number of amides is 2. The lowest BCUT2D eigenvalue weighted by Crippen LogP contribution is -2.48. The van der Waals surface area contributed by atoms with E-state index in [1.807, 2.05) is 12.1 Å². The zero-order valence-electron chi connectivity index (χ0n) is 15.4. The number of nitrogens with zero attached hydrogens (tertiary/aromatic N) is 2. The normalized spacial score (nSPS) is 14.7. The number of ether oxygens (including phenoxy) is 2. The maximum Gasteiger partial charge on any atom is 0.412 e. The Labute approximate surface area is 157 Å². The number of carbonyl (C=O) groups excluding carboxylic acids is 2. The van der Waals surface area contributed by atoms with Crippen LogP contribution < -0.4 is 14.8 Å². The van der Waals surface area contributed by atoms with Gasteiger partial charge in [-0.1, -0.05) is 6.07 Å². The first-order chi connectivity index (χ1) is 13.1. The van der Waals surface area contributed by atoms with Gasteiger partial charge in [0.25, 0.3) is 5.91 Å². The minimum atomic E-state index is -0.543. The third-order valence-electron chi connectivity index (χ3n) is 4.43. The molecule has 1 aliphatic rings. The van der Waals surface area contributed by atoms with Crippen LogP contribution in [0.2, 0.25) is 0 Å². The Bertz CT molecular complexity index is 783. The lowest BCUT2D eigenvalue weighted by molar-refractivity contribution is 0.0597. The van der Waals surface area contributed by atoms with Gasteiger partial charge in [0.15, 0.2) is 17.3 Å². The Morgan fingerprint density at radius 1 is 1.15 bits per heavy atom. The largest absolute Gasteiger partial charge is 0.493 e. The first kappa shape index (κ1) is 18.8. The van der Waals surface area contributed by atoms with Crippen LogP contribution in [0.1, 0.15) is 16.1 Å². The number of piperazine rings is 1. The summed E-state index contributed by atoms with van der Waals surface area (Å²) < 4.78 is 15.7. The number of methoxy groups -OCH3 is 1. The molecule has 1 fully saturated rings. The zero-order chi connectivity index (χ0) is 19.2. The van der Waals surface area contributed by atoms with Crippen molar-refractivity contribution in [3.8, 4) is 11.5 Å². The van der Waals surface area contributed by atoms with Crippen molar-refractivity contribution in [1.29, 1.82) is 0 Å². The third-order valence-corrected chi connectivity index (χ3v) is 4.43. The molecule has 0 aliphatic carbocycles. The van der Waals surface area contributed by atoms with Crippen LogP contribution in [0.5, 0.6) is 11.5 Å². The fourth-order valence-corrected chi connectivity index (χ4v) is 2.97. The quantitative estimate of drug-likeness (QED) is 0.863. The van der Waals surface area contributed by atoms with Gasteiger partial charge in [0, 0.05) is 39.8 Å². The molecule has 0 unspecified atom stereocenters. The van der Waals surface area contributed by atoms with E-state index in [0.717, 1.165) is 25.2 Å². The highest BCUT2D eigenvalue weighted by atomic mass is 16.6. The molecular weight excluding hydrogens is 350 g/mol. The first-order valence-corrected chi connectivity index (χ1v) is 8.72. The summed E-state index contributed by atoms with van der Waals surface area (Å²) in [6.45, 7) is 3.55. The van der Waals surface area contributed by atoms with E-state index < -0.39 is 6.09 Å². The summed E-state index contributed by atoms with van der Waals surface area (Å²) >= 11 is 0. The van der Waals surface area contributed by atoms with Crippen LogP contribution in [0.25, 0.3) is 0 Å². The minimum Gasteiger partial charge on any atom is -0.493 e. The van der Waals surface area contributed by atoms with Crippen molar-refractivity contribution in [2.75, 3.05) is 40.3 Å². The van der Waals surface area contributed by atoms with Crippen molar-refractivity contribution in [1.82, 2.24) is 15.1 Å². The standard InChI is InChI=1S/C19H23N3O5/c1-20-19(24)27-15-6-5-14(12-17(15)25-2)13-21-7-9-22(10-8-21)18(23)16-4-3-11-26-16/h3-6,11-12H,7-10,13H2,1-2H3,(H,20,24). The molecule has 1 N–H and O–H groups in total. The highest BCUT2D eigenvalue weighted by molar-refractivity contribution is 5.91. The second kappa shape index (κ2) is 8.59. The molecule has 2 heterocycles. The predicted molar refractivity (Wildman–Crippen MR) is 98.0 cm³/mol. The van der Waals surface area contributed by atoms with Gasteiger partial charge in [0.05, 0.1) is 13.4 Å². The van der Waals surface area contributed by atoms with Gasteiger partial charge in [-0.15, -0.1) is 0 Å². The molecule has 0 atom stereocenters. The molecule has 0 spiro atoms. The zero-order valence-corrected chi connectivity index (χ0v) is 15.4. The fourth-order valence-electron chi connectivity index (χ4n) is 2.97. The first-order valence-electron chi connectivity index (χ1n) is 8.72. The Kier molecular flexibility index (Phi) is 5.97. The number of hydrogen-bond donors (Lipinski definition) is 1. The molecule has 2 aromatic rings. The maximum atomic E-state index is 12.3. The lowest BCUT2D eigenvalue weighted by Gasteiger charge is -2.34. The molecule has 1 aromatic carbocycles. The van der Waals surface area contributed by atoms with Crippen LogP contribution in [0.3, 0.4) is 0 Å². The molecule has 1 aliphatic heterocycles. The number of hydrogen-bond acceptors (Lipinski definition) is 6. The van der Waals surface area contributed by atoms with Gasteiger partial charge in [0.1, 0.15) is 0 Å². The average Bonchev–Trinajstić information content (AvgIpc) is 3.24. The topological polar surface area (TPSA) is 84.3 Å². The van der Waals surface area contributed by atoms with Crippen LogP contribution in [0.15, 0.2) is 41.0 Å². The van der Waals surface area contributed by atoms with Crippen molar-refractivity contribution < 1.29 is 23.5 Å². The second-order valence-corrected chi connectivity index (χ2v) is 6.17. The summed E-state index contributed by atoms with van der Waals surface area (Å²) in [6, 6.07) is 8.89. The van der Waals surface area contributed by atoms with Gasteiger partial charge in [-0.2, -0.15) is 0 Å². The van der Waals surface area contributed by atoms with Gasteiger partial charge < -0.3 is 24.1 Å². The van der Waals surface area contributed by atoms with Gasteiger partial charge in [0.2, 0.25) is 0 Å². The summed E-state index contributed by atoms with van der Waals surface area (Å²) in [7, 11) is 3.04. The van der Waals surface area contributed by atoms with Gasteiger partial charge in [-0.25, -0.2) is 4.79 Å². The molecule has 8 nitrogen and oxygen atoms in total. The number of furan rings is 1. The monoisotopic (exact) mass is 373 g/mol. The Hall–Kier alpha value is -3.00. The van der Waals surface area contributed by atoms with Crippen LogP contribution in [0, 0.1) is 0 Å². The molecule has 8 heteroatoms. The van der Waals surface area contributed by atoms with Crippen molar-refractivity contribution in [3.63, 3.8) is 0 Å². The van der Waals surface area contributed by atoms with Crippen LogP contribution in [-0.4, -0.2) is 62.1 Å². The van der Waals surface area contributed by atoms with Gasteiger partial charge >= 0.3 is 6.09 Å². The Morgan fingerprint density at radius 3 is 2.56 bits per heavy atom. The van der Waals surface area contributed by atoms with E-state index in [9.17, 15) is 9.59 Å². The molecule has 0 saturated carbocycles. The molecule has 144 valence electrons. The number of benzene rings is 1. The van der Waals surface area contributed by atoms with Crippen molar-refractivity contribution in [3.05, 3.63) is 47.9 Å². The highest BCUT2D eigenvalue weighted by Crippen LogP contribution is 2.28. The smallest absolute Gasteiger partial charge is 0.412 e. The Balaban J connectivity index is 1.57. The summed E-state index contributed by atoms with van der Waals surface area (Å²) in [5.41, 5.74) is 1.04. The SMILES string of the molecule is CNC(=O)Oc1ccc(CN2CCN(C(=O)c3ccco3)CC2)cc1OC. The van der Waals surface area contributed by atoms with Gasteiger partial charge in [-0.3, -0.25) is 9.69 Å². The fraction of sp³-hybridized carbons (Fsp3) is 0.368. The summed E-state index contributed by atoms with van der Waals surface area (Å²) in [5.74, 6) is 1.18. The summed E-state index contributed by atoms with van der Waals surface area (Å²) in [4.78, 5) is 27.8. The number of carbonyl (C=O) groups is 2. The molecule has 1 aromatic heterocycles. The van der Waals surface area contributed by atoms with Crippen LogP contribution in [0.4, 0.5) is 4.79 Å². The average molecular weight is 373 g/mol. The summed E-state index contributed by atoms with van der Waals surface area (Å²) in [6.07, 6.45) is 0.965. The molecule has 27 heavy (non-hydrogen) atoms.